The molecule has 0 spiro atoms. The Morgan fingerprint density at radius 2 is 2.44 bits per heavy atom. The Hall–Kier alpha value is -1.01. The zero-order valence-electron chi connectivity index (χ0n) is 9.18. The molecule has 2 N–H and O–H groups in total. The van der Waals surface area contributed by atoms with Crippen LogP contribution in [0.3, 0.4) is 0 Å². The highest BCUT2D eigenvalue weighted by molar-refractivity contribution is 7.71. The van der Waals surface area contributed by atoms with Crippen LogP contribution in [0.1, 0.15) is 26.5 Å². The molecule has 3 unspecified atom stereocenters. The number of halogens is 1. The third-order valence-electron chi connectivity index (χ3n) is 2.67. The van der Waals surface area contributed by atoms with Crippen molar-refractivity contribution >= 4 is 18.0 Å². The summed E-state index contributed by atoms with van der Waals surface area (Å²) < 4.78 is 21.5. The molecule has 0 saturated carbocycles. The molecule has 1 aliphatic rings. The molecule has 4 nitrogen and oxygen atoms in total. The van der Waals surface area contributed by atoms with Crippen LogP contribution in [-0.4, -0.2) is 21.3 Å². The fourth-order valence-electron chi connectivity index (χ4n) is 2.03. The summed E-state index contributed by atoms with van der Waals surface area (Å²) in [5, 5.41) is 0. The van der Waals surface area contributed by atoms with Crippen molar-refractivity contribution in [3.63, 3.8) is 0 Å². The van der Waals surface area contributed by atoms with E-state index in [9.17, 15) is 4.39 Å². The SMILES string of the molecule is CC1CC(C)(F)C(n2ccc(N)nc2=S)O1. The molecule has 0 aliphatic carbocycles. The molecule has 2 heterocycles. The average Bonchev–Trinajstić information content (AvgIpc) is 2.39. The number of nitrogen functional groups attached to an aromatic ring is 1. The third-order valence-corrected chi connectivity index (χ3v) is 2.97. The number of anilines is 1. The minimum Gasteiger partial charge on any atom is -0.384 e. The van der Waals surface area contributed by atoms with Crippen molar-refractivity contribution in [1.29, 1.82) is 0 Å². The van der Waals surface area contributed by atoms with Gasteiger partial charge in [0.15, 0.2) is 11.9 Å². The van der Waals surface area contributed by atoms with Crippen LogP contribution in [-0.2, 0) is 4.74 Å². The smallest absolute Gasteiger partial charge is 0.203 e. The Balaban J connectivity index is 2.41. The van der Waals surface area contributed by atoms with E-state index < -0.39 is 11.9 Å². The number of hydrogen-bond donors (Lipinski definition) is 1. The highest BCUT2D eigenvalue weighted by Crippen LogP contribution is 2.40. The molecule has 0 aromatic carbocycles. The fourth-order valence-corrected chi connectivity index (χ4v) is 2.29. The summed E-state index contributed by atoms with van der Waals surface area (Å²) >= 11 is 5.04. The van der Waals surface area contributed by atoms with Crippen LogP contribution >= 0.6 is 12.2 Å². The van der Waals surface area contributed by atoms with Crippen LogP contribution in [0.25, 0.3) is 0 Å². The molecular formula is C10H14FN3OS. The summed E-state index contributed by atoms with van der Waals surface area (Å²) in [4.78, 5) is 3.92. The van der Waals surface area contributed by atoms with Crippen LogP contribution in [0, 0.1) is 4.77 Å². The molecule has 1 aromatic rings. The van der Waals surface area contributed by atoms with Crippen LogP contribution < -0.4 is 5.73 Å². The van der Waals surface area contributed by atoms with Gasteiger partial charge in [-0.3, -0.25) is 4.57 Å². The number of alkyl halides is 1. The van der Waals surface area contributed by atoms with Gasteiger partial charge in [-0.25, -0.2) is 9.37 Å². The van der Waals surface area contributed by atoms with E-state index >= 15 is 0 Å². The van der Waals surface area contributed by atoms with Crippen molar-refractivity contribution in [3.8, 4) is 0 Å². The summed E-state index contributed by atoms with van der Waals surface area (Å²) in [6, 6.07) is 1.58. The molecule has 6 heteroatoms. The average molecular weight is 243 g/mol. The first kappa shape index (κ1) is 11.5. The normalized spacial score (nSPS) is 34.2. The van der Waals surface area contributed by atoms with Crippen LogP contribution in [0.15, 0.2) is 12.3 Å². The van der Waals surface area contributed by atoms with Crippen molar-refractivity contribution in [2.45, 2.75) is 38.3 Å². The van der Waals surface area contributed by atoms with Gasteiger partial charge in [0.05, 0.1) is 6.10 Å². The Bertz CT molecular complexity index is 460. The number of hydrogen-bond acceptors (Lipinski definition) is 4. The number of aromatic nitrogens is 2. The van der Waals surface area contributed by atoms with Gasteiger partial charge in [0.1, 0.15) is 5.82 Å². The van der Waals surface area contributed by atoms with Crippen molar-refractivity contribution in [3.05, 3.63) is 17.0 Å². The van der Waals surface area contributed by atoms with Gasteiger partial charge in [0.2, 0.25) is 4.77 Å². The molecule has 88 valence electrons. The van der Waals surface area contributed by atoms with Gasteiger partial charge < -0.3 is 10.5 Å². The van der Waals surface area contributed by atoms with Gasteiger partial charge in [0, 0.05) is 12.6 Å². The Kier molecular flexibility index (Phi) is 2.71. The first-order valence-electron chi connectivity index (χ1n) is 5.09. The molecule has 3 atom stereocenters. The second-order valence-corrected chi connectivity index (χ2v) is 4.69. The van der Waals surface area contributed by atoms with E-state index in [0.717, 1.165) is 0 Å². The molecule has 0 radical (unpaired) electrons. The highest BCUT2D eigenvalue weighted by Gasteiger charge is 2.45. The van der Waals surface area contributed by atoms with Gasteiger partial charge in [-0.05, 0) is 32.1 Å². The molecule has 1 aromatic heterocycles. The Morgan fingerprint density at radius 1 is 1.75 bits per heavy atom. The third kappa shape index (κ3) is 1.94. The number of nitrogens with zero attached hydrogens (tertiary/aromatic N) is 2. The van der Waals surface area contributed by atoms with E-state index in [-0.39, 0.29) is 10.9 Å². The molecular weight excluding hydrogens is 229 g/mol. The molecule has 0 amide bonds. The van der Waals surface area contributed by atoms with E-state index in [2.05, 4.69) is 4.98 Å². The van der Waals surface area contributed by atoms with Crippen LogP contribution in [0.5, 0.6) is 0 Å². The molecule has 16 heavy (non-hydrogen) atoms. The van der Waals surface area contributed by atoms with Gasteiger partial charge in [-0.15, -0.1) is 0 Å². The molecule has 2 rings (SSSR count). The lowest BCUT2D eigenvalue weighted by Gasteiger charge is -2.23. The molecule has 1 fully saturated rings. The highest BCUT2D eigenvalue weighted by atomic mass is 32.1. The van der Waals surface area contributed by atoms with Gasteiger partial charge in [-0.2, -0.15) is 0 Å². The number of rotatable bonds is 1. The minimum atomic E-state index is -1.44. The predicted molar refractivity (Wildman–Crippen MR) is 61.2 cm³/mol. The van der Waals surface area contributed by atoms with Crippen molar-refractivity contribution < 1.29 is 9.13 Å². The minimum absolute atomic E-state index is 0.126. The molecule has 1 aliphatic heterocycles. The summed E-state index contributed by atoms with van der Waals surface area (Å²) in [6.45, 7) is 3.35. The van der Waals surface area contributed by atoms with E-state index in [0.29, 0.717) is 12.2 Å². The van der Waals surface area contributed by atoms with E-state index in [1.54, 1.807) is 12.3 Å². The summed E-state index contributed by atoms with van der Waals surface area (Å²) in [5.74, 6) is 0.327. The van der Waals surface area contributed by atoms with Crippen molar-refractivity contribution in [2.24, 2.45) is 0 Å². The lowest BCUT2D eigenvalue weighted by Crippen LogP contribution is -2.28. The lowest BCUT2D eigenvalue weighted by molar-refractivity contribution is -0.0436. The van der Waals surface area contributed by atoms with E-state index in [1.807, 2.05) is 6.92 Å². The number of ether oxygens (including phenoxy) is 1. The maximum Gasteiger partial charge on any atom is 0.203 e. The van der Waals surface area contributed by atoms with Crippen molar-refractivity contribution in [2.75, 3.05) is 5.73 Å². The largest absolute Gasteiger partial charge is 0.384 e. The molecule has 1 saturated heterocycles. The standard InChI is InChI=1S/C10H14FN3OS/c1-6-5-10(2,11)8(15-6)14-4-3-7(12)13-9(14)16/h3-4,6,8H,5H2,1-2H3,(H2,12,13,16). The Morgan fingerprint density at radius 3 is 2.94 bits per heavy atom. The summed E-state index contributed by atoms with van der Waals surface area (Å²) in [5.41, 5.74) is 4.06. The maximum absolute atomic E-state index is 14.2. The first-order valence-corrected chi connectivity index (χ1v) is 5.50. The number of nitrogens with two attached hydrogens (primary N) is 1. The monoisotopic (exact) mass is 243 g/mol. The second-order valence-electron chi connectivity index (χ2n) is 4.32. The van der Waals surface area contributed by atoms with E-state index in [1.165, 1.54) is 11.5 Å². The maximum atomic E-state index is 14.2. The van der Waals surface area contributed by atoms with Gasteiger partial charge in [0.25, 0.3) is 0 Å². The van der Waals surface area contributed by atoms with Gasteiger partial charge in [-0.1, -0.05) is 0 Å². The zero-order chi connectivity index (χ0) is 11.9. The van der Waals surface area contributed by atoms with Crippen LogP contribution in [0.4, 0.5) is 10.2 Å². The second kappa shape index (κ2) is 3.78. The zero-order valence-corrected chi connectivity index (χ0v) is 10.00. The Labute approximate surface area is 98.2 Å². The molecule has 0 bridgehead atoms. The summed E-state index contributed by atoms with van der Waals surface area (Å²) in [6.07, 6.45) is 1.12. The predicted octanol–water partition coefficient (Wildman–Crippen LogP) is 2.23. The van der Waals surface area contributed by atoms with Crippen molar-refractivity contribution in [1.82, 2.24) is 9.55 Å². The quantitative estimate of drug-likeness (QED) is 0.768. The first-order chi connectivity index (χ1) is 7.40. The van der Waals surface area contributed by atoms with Crippen LogP contribution in [0.2, 0.25) is 0 Å². The topological polar surface area (TPSA) is 53.1 Å². The van der Waals surface area contributed by atoms with Gasteiger partial charge >= 0.3 is 0 Å². The summed E-state index contributed by atoms with van der Waals surface area (Å²) in [7, 11) is 0. The fraction of sp³-hybridized carbons (Fsp3) is 0.600. The van der Waals surface area contributed by atoms with E-state index in [4.69, 9.17) is 22.7 Å². The lowest BCUT2D eigenvalue weighted by atomic mass is 10.0.